The zero-order chi connectivity index (χ0) is 22.8. The van der Waals surface area contributed by atoms with E-state index in [0.29, 0.717) is 6.54 Å². The number of amidine groups is 1. The number of hydrogen-bond acceptors (Lipinski definition) is 4. The van der Waals surface area contributed by atoms with Crippen LogP contribution >= 0.6 is 0 Å². The lowest BCUT2D eigenvalue weighted by Gasteiger charge is -2.26. The highest BCUT2D eigenvalue weighted by Gasteiger charge is 2.33. The molecule has 6 heteroatoms. The molecule has 0 saturated carbocycles. The number of methoxy groups -OCH3 is 1. The van der Waals surface area contributed by atoms with Gasteiger partial charge in [0.25, 0.3) is 0 Å². The van der Waals surface area contributed by atoms with Crippen molar-refractivity contribution in [1.29, 1.82) is 0 Å². The van der Waals surface area contributed by atoms with E-state index < -0.39 is 0 Å². The summed E-state index contributed by atoms with van der Waals surface area (Å²) in [6.45, 7) is 10.3. The van der Waals surface area contributed by atoms with Gasteiger partial charge in [0.15, 0.2) is 5.78 Å². The van der Waals surface area contributed by atoms with Gasteiger partial charge in [0.05, 0.1) is 24.5 Å². The van der Waals surface area contributed by atoms with Crippen LogP contribution in [0.1, 0.15) is 47.6 Å². The summed E-state index contributed by atoms with van der Waals surface area (Å²) >= 11 is 0. The minimum atomic E-state index is 0.142. The molecule has 0 spiro atoms. The molecule has 2 atom stereocenters. The van der Waals surface area contributed by atoms with E-state index in [4.69, 9.17) is 9.73 Å². The van der Waals surface area contributed by atoms with Gasteiger partial charge in [-0.05, 0) is 58.2 Å². The number of ether oxygens (including phenoxy) is 1. The number of benzene rings is 1. The second kappa shape index (κ2) is 9.33. The first kappa shape index (κ1) is 22.3. The maximum Gasteiger partial charge on any atom is 0.183 e. The lowest BCUT2D eigenvalue weighted by molar-refractivity contribution is 0.0950. The highest BCUT2D eigenvalue weighted by molar-refractivity contribution is 6.01. The lowest BCUT2D eigenvalue weighted by Crippen LogP contribution is -2.40. The van der Waals surface area contributed by atoms with Crippen LogP contribution in [0.3, 0.4) is 0 Å². The van der Waals surface area contributed by atoms with Crippen molar-refractivity contribution >= 4 is 22.5 Å². The van der Waals surface area contributed by atoms with Crippen LogP contribution in [0.2, 0.25) is 0 Å². The minimum Gasteiger partial charge on any atom is -0.385 e. The van der Waals surface area contributed by atoms with Gasteiger partial charge in [-0.3, -0.25) is 9.79 Å². The van der Waals surface area contributed by atoms with Crippen LogP contribution < -0.4 is 0 Å². The summed E-state index contributed by atoms with van der Waals surface area (Å²) in [5.74, 6) is 1.11. The van der Waals surface area contributed by atoms with Crippen molar-refractivity contribution in [2.75, 3.05) is 20.3 Å². The van der Waals surface area contributed by atoms with E-state index in [1.54, 1.807) is 7.11 Å². The van der Waals surface area contributed by atoms with E-state index in [2.05, 4.69) is 52.7 Å². The summed E-state index contributed by atoms with van der Waals surface area (Å²) < 4.78 is 7.40. The number of carbonyl (C=O) groups is 1. The molecule has 1 aromatic carbocycles. The highest BCUT2D eigenvalue weighted by Crippen LogP contribution is 2.26. The Balaban J connectivity index is 1.45. The van der Waals surface area contributed by atoms with Crippen LogP contribution in [0.4, 0.5) is 0 Å². The predicted molar refractivity (Wildman–Crippen MR) is 130 cm³/mol. The fourth-order valence-electron chi connectivity index (χ4n) is 4.96. The van der Waals surface area contributed by atoms with Gasteiger partial charge in [-0.1, -0.05) is 18.2 Å². The van der Waals surface area contributed by atoms with Crippen molar-refractivity contribution in [3.8, 4) is 0 Å². The smallest absolute Gasteiger partial charge is 0.183 e. The Kier molecular flexibility index (Phi) is 6.51. The maximum absolute atomic E-state index is 13.3. The number of aryl methyl sites for hydroxylation is 1. The van der Waals surface area contributed by atoms with E-state index in [1.807, 2.05) is 26.0 Å². The SMILES string of the molecule is COCCCn1c(C)cc(C(=O)CN2C(C)=NC(Cc3c[nH]c4ccccc34)C2C)c1C. The van der Waals surface area contributed by atoms with Crippen molar-refractivity contribution in [3.05, 3.63) is 59.0 Å². The van der Waals surface area contributed by atoms with Gasteiger partial charge in [0, 0.05) is 54.3 Å². The Bertz CT molecular complexity index is 1140. The zero-order valence-corrected chi connectivity index (χ0v) is 19.8. The lowest BCUT2D eigenvalue weighted by atomic mass is 10.00. The summed E-state index contributed by atoms with van der Waals surface area (Å²) in [5, 5.41) is 1.25. The van der Waals surface area contributed by atoms with Crippen LogP contribution in [0.25, 0.3) is 10.9 Å². The zero-order valence-electron chi connectivity index (χ0n) is 19.8. The van der Waals surface area contributed by atoms with E-state index in [9.17, 15) is 4.79 Å². The summed E-state index contributed by atoms with van der Waals surface area (Å²) in [5.41, 5.74) is 5.42. The number of rotatable bonds is 9. The molecule has 0 amide bonds. The molecule has 2 aromatic heterocycles. The van der Waals surface area contributed by atoms with E-state index in [-0.39, 0.29) is 17.9 Å². The van der Waals surface area contributed by atoms with Crippen molar-refractivity contribution in [2.24, 2.45) is 4.99 Å². The van der Waals surface area contributed by atoms with Gasteiger partial charge in [-0.25, -0.2) is 0 Å². The third kappa shape index (κ3) is 4.24. The molecular formula is C26H34N4O2. The number of nitrogens with one attached hydrogen (secondary N) is 1. The molecule has 3 aromatic rings. The number of aromatic amines is 1. The van der Waals surface area contributed by atoms with Gasteiger partial charge in [-0.2, -0.15) is 0 Å². The second-order valence-corrected chi connectivity index (χ2v) is 8.88. The topological polar surface area (TPSA) is 62.6 Å². The largest absolute Gasteiger partial charge is 0.385 e. The maximum atomic E-state index is 13.3. The van der Waals surface area contributed by atoms with Crippen molar-refractivity contribution in [1.82, 2.24) is 14.5 Å². The Hall–Kier alpha value is -2.86. The molecule has 170 valence electrons. The summed E-state index contributed by atoms with van der Waals surface area (Å²) in [6.07, 6.45) is 3.89. The van der Waals surface area contributed by atoms with Gasteiger partial charge < -0.3 is 19.2 Å². The summed E-state index contributed by atoms with van der Waals surface area (Å²) in [7, 11) is 1.72. The molecule has 0 aliphatic carbocycles. The first-order valence-corrected chi connectivity index (χ1v) is 11.5. The Morgan fingerprint density at radius 1 is 1.22 bits per heavy atom. The number of ketones is 1. The number of carbonyl (C=O) groups excluding carboxylic acids is 1. The van der Waals surface area contributed by atoms with Crippen LogP contribution in [0.5, 0.6) is 0 Å². The monoisotopic (exact) mass is 434 g/mol. The number of para-hydroxylation sites is 1. The molecular weight excluding hydrogens is 400 g/mol. The number of nitrogens with zero attached hydrogens (tertiary/aromatic N) is 3. The molecule has 1 aliphatic rings. The molecule has 1 aliphatic heterocycles. The van der Waals surface area contributed by atoms with Crippen LogP contribution in [0.15, 0.2) is 41.5 Å². The number of aliphatic imine (C=N–C) groups is 1. The fraction of sp³-hybridized carbons (Fsp3) is 0.462. The molecule has 0 fully saturated rings. The number of aromatic nitrogens is 2. The van der Waals surface area contributed by atoms with Gasteiger partial charge >= 0.3 is 0 Å². The first-order valence-electron chi connectivity index (χ1n) is 11.5. The number of Topliss-reactive ketones (excluding diaryl/α,β-unsaturated/α-hetero) is 1. The fourth-order valence-corrected chi connectivity index (χ4v) is 4.96. The summed E-state index contributed by atoms with van der Waals surface area (Å²) in [6, 6.07) is 10.7. The van der Waals surface area contributed by atoms with Crippen LogP contribution in [-0.4, -0.2) is 58.4 Å². The quantitative estimate of drug-likeness (QED) is 0.397. The average Bonchev–Trinajstić information content (AvgIpc) is 3.40. The van der Waals surface area contributed by atoms with Gasteiger partial charge in [-0.15, -0.1) is 0 Å². The Labute approximate surface area is 190 Å². The third-order valence-corrected chi connectivity index (χ3v) is 6.84. The third-order valence-electron chi connectivity index (χ3n) is 6.84. The predicted octanol–water partition coefficient (Wildman–Crippen LogP) is 4.54. The number of fused-ring (bicyclic) bond motifs is 1. The minimum absolute atomic E-state index is 0.142. The average molecular weight is 435 g/mol. The molecule has 0 bridgehead atoms. The molecule has 32 heavy (non-hydrogen) atoms. The molecule has 0 saturated heterocycles. The van der Waals surface area contributed by atoms with Crippen molar-refractivity contribution in [3.63, 3.8) is 0 Å². The molecule has 2 unspecified atom stereocenters. The van der Waals surface area contributed by atoms with E-state index in [1.165, 1.54) is 10.9 Å². The number of H-pyrrole nitrogens is 1. The van der Waals surface area contributed by atoms with Crippen LogP contribution in [0, 0.1) is 13.8 Å². The van der Waals surface area contributed by atoms with Gasteiger partial charge in [0.2, 0.25) is 0 Å². The molecule has 4 rings (SSSR count). The van der Waals surface area contributed by atoms with E-state index >= 15 is 0 Å². The van der Waals surface area contributed by atoms with Crippen molar-refractivity contribution < 1.29 is 9.53 Å². The number of hydrogen-bond donors (Lipinski definition) is 1. The van der Waals surface area contributed by atoms with Crippen LogP contribution in [-0.2, 0) is 17.7 Å². The Morgan fingerprint density at radius 2 is 2.00 bits per heavy atom. The summed E-state index contributed by atoms with van der Waals surface area (Å²) in [4.78, 5) is 23.7. The first-order chi connectivity index (χ1) is 15.4. The van der Waals surface area contributed by atoms with Gasteiger partial charge in [0.1, 0.15) is 0 Å². The second-order valence-electron chi connectivity index (χ2n) is 8.88. The normalized spacial score (nSPS) is 18.5. The molecule has 3 heterocycles. The Morgan fingerprint density at radius 3 is 2.78 bits per heavy atom. The molecule has 6 nitrogen and oxygen atoms in total. The van der Waals surface area contributed by atoms with Crippen molar-refractivity contribution in [2.45, 2.75) is 59.2 Å². The molecule has 1 N–H and O–H groups in total. The molecule has 0 radical (unpaired) electrons. The van der Waals surface area contributed by atoms with E-state index in [0.717, 1.165) is 54.3 Å². The highest BCUT2D eigenvalue weighted by atomic mass is 16.5. The standard InChI is InChI=1S/C26H34N4O2/c1-17-13-23(18(2)29(17)11-8-12-32-5)26(31)16-30-19(3)25(28-20(30)4)14-21-15-27-24-10-7-6-9-22(21)24/h6-7,9-10,13,15,19,25,27H,8,11-12,14,16H2,1-5H3.